The molecule has 2 aromatic rings. The molecule has 7 nitrogen and oxygen atoms in total. The van der Waals surface area contributed by atoms with Crippen LogP contribution in [0.4, 0.5) is 5.69 Å². The SMILES string of the molecule is CN=C1S/C(=C\c2cc(Br)ccc2OCc2cccc([N+](=O)[O-])c2)C(=O)N1C. The van der Waals surface area contributed by atoms with Crippen LogP contribution in [0.2, 0.25) is 0 Å². The van der Waals surface area contributed by atoms with E-state index in [4.69, 9.17) is 4.74 Å². The summed E-state index contributed by atoms with van der Waals surface area (Å²) in [5.41, 5.74) is 1.42. The third kappa shape index (κ3) is 4.42. The molecule has 0 spiro atoms. The maximum atomic E-state index is 12.4. The number of amidine groups is 1. The van der Waals surface area contributed by atoms with Crippen LogP contribution in [-0.2, 0) is 11.4 Å². The molecule has 9 heteroatoms. The predicted molar refractivity (Wildman–Crippen MR) is 113 cm³/mol. The number of carbonyl (C=O) groups excluding carboxylic acids is 1. The van der Waals surface area contributed by atoms with Crippen LogP contribution < -0.4 is 4.74 Å². The Bertz CT molecular complexity index is 1010. The topological polar surface area (TPSA) is 85.0 Å². The zero-order valence-corrected chi connectivity index (χ0v) is 17.5. The Hall–Kier alpha value is -2.65. The van der Waals surface area contributed by atoms with Gasteiger partial charge in [0, 0.05) is 36.3 Å². The fourth-order valence-electron chi connectivity index (χ4n) is 2.58. The number of ether oxygens (including phenoxy) is 1. The molecular weight excluding hydrogens is 446 g/mol. The number of hydrogen-bond acceptors (Lipinski definition) is 6. The van der Waals surface area contributed by atoms with Crippen molar-refractivity contribution in [2.75, 3.05) is 14.1 Å². The lowest BCUT2D eigenvalue weighted by molar-refractivity contribution is -0.384. The van der Waals surface area contributed by atoms with Crippen LogP contribution in [0.3, 0.4) is 0 Å². The first-order valence-electron chi connectivity index (χ1n) is 8.19. The number of hydrogen-bond donors (Lipinski definition) is 0. The van der Waals surface area contributed by atoms with Crippen molar-refractivity contribution in [3.05, 3.63) is 73.1 Å². The average Bonchev–Trinajstić information content (AvgIpc) is 2.95. The van der Waals surface area contributed by atoms with Crippen LogP contribution in [0, 0.1) is 10.1 Å². The van der Waals surface area contributed by atoms with Gasteiger partial charge in [-0.2, -0.15) is 0 Å². The number of nitro groups is 1. The minimum Gasteiger partial charge on any atom is -0.488 e. The number of rotatable bonds is 5. The Labute approximate surface area is 174 Å². The smallest absolute Gasteiger partial charge is 0.269 e. The lowest BCUT2D eigenvalue weighted by atomic mass is 10.1. The van der Waals surface area contributed by atoms with Gasteiger partial charge in [-0.25, -0.2) is 0 Å². The van der Waals surface area contributed by atoms with Crippen molar-refractivity contribution in [2.45, 2.75) is 6.61 Å². The number of likely N-dealkylation sites (N-methyl/N-ethyl adjacent to an activating group) is 1. The summed E-state index contributed by atoms with van der Waals surface area (Å²) in [4.78, 5) is 29.0. The first-order valence-corrected chi connectivity index (χ1v) is 9.80. The van der Waals surface area contributed by atoms with Gasteiger partial charge in [-0.3, -0.25) is 24.8 Å². The number of amides is 1. The summed E-state index contributed by atoms with van der Waals surface area (Å²) >= 11 is 4.73. The first kappa shape index (κ1) is 20.1. The summed E-state index contributed by atoms with van der Waals surface area (Å²) in [6.45, 7) is 0.169. The largest absolute Gasteiger partial charge is 0.488 e. The van der Waals surface area contributed by atoms with E-state index in [2.05, 4.69) is 20.9 Å². The Balaban J connectivity index is 1.86. The third-order valence-corrected chi connectivity index (χ3v) is 5.61. The van der Waals surface area contributed by atoms with Crippen molar-refractivity contribution in [2.24, 2.45) is 4.99 Å². The van der Waals surface area contributed by atoms with Gasteiger partial charge in [-0.1, -0.05) is 28.1 Å². The van der Waals surface area contributed by atoms with Crippen LogP contribution in [0.1, 0.15) is 11.1 Å². The number of thioether (sulfide) groups is 1. The van der Waals surface area contributed by atoms with Crippen molar-refractivity contribution in [3.63, 3.8) is 0 Å². The molecule has 0 N–H and O–H groups in total. The van der Waals surface area contributed by atoms with Crippen LogP contribution in [0.25, 0.3) is 6.08 Å². The molecule has 1 aliphatic heterocycles. The second kappa shape index (κ2) is 8.57. The van der Waals surface area contributed by atoms with E-state index in [1.165, 1.54) is 28.8 Å². The van der Waals surface area contributed by atoms with Crippen molar-refractivity contribution in [1.29, 1.82) is 0 Å². The zero-order valence-electron chi connectivity index (χ0n) is 15.1. The van der Waals surface area contributed by atoms with E-state index in [1.807, 2.05) is 12.1 Å². The van der Waals surface area contributed by atoms with Crippen LogP contribution in [-0.4, -0.2) is 35.0 Å². The highest BCUT2D eigenvalue weighted by atomic mass is 79.9. The Morgan fingerprint density at radius 1 is 1.32 bits per heavy atom. The number of non-ortho nitro benzene ring substituents is 1. The number of nitro benzene ring substituents is 1. The minimum atomic E-state index is -0.439. The molecule has 1 saturated heterocycles. The first-order chi connectivity index (χ1) is 13.4. The molecule has 2 aromatic carbocycles. The molecule has 0 radical (unpaired) electrons. The molecule has 1 heterocycles. The molecule has 1 amide bonds. The van der Waals surface area contributed by atoms with Gasteiger partial charge in [0.2, 0.25) is 0 Å². The highest BCUT2D eigenvalue weighted by Crippen LogP contribution is 2.34. The van der Waals surface area contributed by atoms with Crippen molar-refractivity contribution in [3.8, 4) is 5.75 Å². The number of carbonyl (C=O) groups is 1. The molecule has 0 unspecified atom stereocenters. The molecule has 1 fully saturated rings. The van der Waals surface area contributed by atoms with E-state index in [0.29, 0.717) is 21.4 Å². The van der Waals surface area contributed by atoms with E-state index >= 15 is 0 Å². The third-order valence-electron chi connectivity index (χ3n) is 3.97. The number of halogens is 1. The van der Waals surface area contributed by atoms with Gasteiger partial charge in [-0.05, 0) is 41.6 Å². The summed E-state index contributed by atoms with van der Waals surface area (Å²) in [5, 5.41) is 11.6. The fourth-order valence-corrected chi connectivity index (χ4v) is 3.87. The molecule has 28 heavy (non-hydrogen) atoms. The summed E-state index contributed by atoms with van der Waals surface area (Å²) in [7, 11) is 3.32. The summed E-state index contributed by atoms with van der Waals surface area (Å²) < 4.78 is 6.73. The summed E-state index contributed by atoms with van der Waals surface area (Å²) in [6, 6.07) is 11.8. The normalized spacial score (nSPS) is 16.8. The monoisotopic (exact) mass is 461 g/mol. The molecule has 0 saturated carbocycles. The highest BCUT2D eigenvalue weighted by Gasteiger charge is 2.30. The molecule has 0 atom stereocenters. The number of aliphatic imine (C=N–C) groups is 1. The lowest BCUT2D eigenvalue weighted by Gasteiger charge is -2.10. The van der Waals surface area contributed by atoms with Crippen LogP contribution in [0.5, 0.6) is 5.75 Å². The highest BCUT2D eigenvalue weighted by molar-refractivity contribution is 9.10. The molecule has 0 aromatic heterocycles. The molecule has 3 rings (SSSR count). The van der Waals surface area contributed by atoms with E-state index in [1.54, 1.807) is 38.4 Å². The molecule has 1 aliphatic rings. The minimum absolute atomic E-state index is 0.0154. The van der Waals surface area contributed by atoms with E-state index < -0.39 is 4.92 Å². The Morgan fingerprint density at radius 2 is 2.11 bits per heavy atom. The van der Waals surface area contributed by atoms with Gasteiger partial charge in [0.1, 0.15) is 12.4 Å². The summed E-state index contributed by atoms with van der Waals surface area (Å²) in [5.74, 6) is 0.440. The molecule has 144 valence electrons. The van der Waals surface area contributed by atoms with Crippen molar-refractivity contribution >= 4 is 50.5 Å². The van der Waals surface area contributed by atoms with Gasteiger partial charge >= 0.3 is 0 Å². The molecule has 0 bridgehead atoms. The standard InChI is InChI=1S/C19H16BrN3O4S/c1-21-19-22(2)18(24)17(28-19)10-13-9-14(20)6-7-16(13)27-11-12-4-3-5-15(8-12)23(25)26/h3-10H,11H2,1-2H3/b17-10-,21-19?. The van der Waals surface area contributed by atoms with E-state index in [-0.39, 0.29) is 18.2 Å². The van der Waals surface area contributed by atoms with Crippen molar-refractivity contribution < 1.29 is 14.5 Å². The quantitative estimate of drug-likeness (QED) is 0.372. The van der Waals surface area contributed by atoms with Crippen LogP contribution in [0.15, 0.2) is 56.8 Å². The molecular formula is C19H16BrN3O4S. The number of benzene rings is 2. The zero-order chi connectivity index (χ0) is 20.3. The molecule has 0 aliphatic carbocycles. The van der Waals surface area contributed by atoms with Crippen LogP contribution >= 0.6 is 27.7 Å². The average molecular weight is 462 g/mol. The van der Waals surface area contributed by atoms with Gasteiger partial charge in [0.15, 0.2) is 5.17 Å². The van der Waals surface area contributed by atoms with Gasteiger partial charge in [0.05, 0.1) is 9.83 Å². The predicted octanol–water partition coefficient (Wildman–Crippen LogP) is 4.47. The fraction of sp³-hybridized carbons (Fsp3) is 0.158. The Morgan fingerprint density at radius 3 is 2.79 bits per heavy atom. The lowest BCUT2D eigenvalue weighted by Crippen LogP contribution is -2.23. The maximum absolute atomic E-state index is 12.4. The second-order valence-corrected chi connectivity index (χ2v) is 7.80. The van der Waals surface area contributed by atoms with Crippen molar-refractivity contribution in [1.82, 2.24) is 4.90 Å². The van der Waals surface area contributed by atoms with Gasteiger partial charge in [-0.15, -0.1) is 0 Å². The van der Waals surface area contributed by atoms with Gasteiger partial charge < -0.3 is 4.74 Å². The summed E-state index contributed by atoms with van der Waals surface area (Å²) in [6.07, 6.45) is 1.76. The van der Waals surface area contributed by atoms with E-state index in [0.717, 1.165) is 10.0 Å². The van der Waals surface area contributed by atoms with Gasteiger partial charge in [0.25, 0.3) is 11.6 Å². The van der Waals surface area contributed by atoms with E-state index in [9.17, 15) is 14.9 Å². The number of nitrogens with zero attached hydrogens (tertiary/aromatic N) is 3. The Kier molecular flexibility index (Phi) is 6.15. The second-order valence-electron chi connectivity index (χ2n) is 5.88. The maximum Gasteiger partial charge on any atom is 0.269 e.